The Kier molecular flexibility index (Phi) is 6.42. The van der Waals surface area contributed by atoms with E-state index in [9.17, 15) is 9.90 Å². The van der Waals surface area contributed by atoms with E-state index in [2.05, 4.69) is 10.6 Å². The van der Waals surface area contributed by atoms with Gasteiger partial charge in [-0.25, -0.2) is 0 Å². The fourth-order valence-electron chi connectivity index (χ4n) is 2.08. The molecule has 94 valence electrons. The van der Waals surface area contributed by atoms with Crippen molar-refractivity contribution in [3.63, 3.8) is 0 Å². The average Bonchev–Trinajstić information content (AvgIpc) is 2.48. The van der Waals surface area contributed by atoms with Crippen LogP contribution in [0.1, 0.15) is 45.4 Å². The molecule has 0 aliphatic heterocycles. The first kappa shape index (κ1) is 13.5. The maximum absolute atomic E-state index is 11.4. The van der Waals surface area contributed by atoms with Crippen LogP contribution in [-0.2, 0) is 4.79 Å². The monoisotopic (exact) mass is 228 g/mol. The molecule has 0 aromatic rings. The van der Waals surface area contributed by atoms with Crippen LogP contribution in [0.4, 0.5) is 0 Å². The Morgan fingerprint density at radius 3 is 2.81 bits per heavy atom. The predicted octanol–water partition coefficient (Wildman–Crippen LogP) is 0.796. The third kappa shape index (κ3) is 4.94. The summed E-state index contributed by atoms with van der Waals surface area (Å²) < 4.78 is 0. The minimum absolute atomic E-state index is 0.0262. The van der Waals surface area contributed by atoms with Gasteiger partial charge in [0.15, 0.2) is 0 Å². The Bertz CT molecular complexity index is 209. The van der Waals surface area contributed by atoms with Gasteiger partial charge in [0.25, 0.3) is 0 Å². The largest absolute Gasteiger partial charge is 0.392 e. The number of nitrogens with one attached hydrogen (secondary N) is 2. The fourth-order valence-corrected chi connectivity index (χ4v) is 2.08. The normalized spacial score (nSPS) is 26.1. The molecule has 0 aromatic carbocycles. The lowest BCUT2D eigenvalue weighted by atomic mass is 10.1. The highest BCUT2D eigenvalue weighted by Gasteiger charge is 2.21. The van der Waals surface area contributed by atoms with Crippen LogP contribution in [0.25, 0.3) is 0 Å². The van der Waals surface area contributed by atoms with E-state index in [-0.39, 0.29) is 18.1 Å². The molecular weight excluding hydrogens is 204 g/mol. The fraction of sp³-hybridized carbons (Fsp3) is 0.917. The molecule has 1 rings (SSSR count). The summed E-state index contributed by atoms with van der Waals surface area (Å²) in [4.78, 5) is 11.4. The van der Waals surface area contributed by atoms with Gasteiger partial charge in [-0.3, -0.25) is 4.79 Å². The summed E-state index contributed by atoms with van der Waals surface area (Å²) in [5, 5.41) is 15.8. The maximum Gasteiger partial charge on any atom is 0.233 e. The molecule has 4 heteroatoms. The number of rotatable bonds is 5. The van der Waals surface area contributed by atoms with Crippen LogP contribution in [0.15, 0.2) is 0 Å². The summed E-state index contributed by atoms with van der Waals surface area (Å²) in [5.74, 6) is 0.0262. The molecule has 1 aliphatic rings. The maximum atomic E-state index is 11.4. The van der Waals surface area contributed by atoms with Gasteiger partial charge in [-0.05, 0) is 19.3 Å². The van der Waals surface area contributed by atoms with Crippen molar-refractivity contribution in [2.75, 3.05) is 13.1 Å². The molecule has 0 bridgehead atoms. The lowest BCUT2D eigenvalue weighted by Gasteiger charge is -2.21. The second kappa shape index (κ2) is 7.63. The summed E-state index contributed by atoms with van der Waals surface area (Å²) in [6.45, 7) is 3.08. The number of carbonyl (C=O) groups excluding carboxylic acids is 1. The Morgan fingerprint density at radius 2 is 2.06 bits per heavy atom. The van der Waals surface area contributed by atoms with E-state index in [0.29, 0.717) is 6.54 Å². The molecule has 1 amide bonds. The zero-order valence-electron chi connectivity index (χ0n) is 10.2. The number of hydrogen-bond acceptors (Lipinski definition) is 3. The number of aliphatic hydroxyl groups is 1. The van der Waals surface area contributed by atoms with Crippen molar-refractivity contribution in [2.24, 2.45) is 0 Å². The van der Waals surface area contributed by atoms with Gasteiger partial charge in [0.05, 0.1) is 12.6 Å². The second-order valence-electron chi connectivity index (χ2n) is 4.54. The first-order chi connectivity index (χ1) is 7.74. The summed E-state index contributed by atoms with van der Waals surface area (Å²) in [5.41, 5.74) is 0. The number of carbonyl (C=O) groups is 1. The van der Waals surface area contributed by atoms with Crippen molar-refractivity contribution >= 4 is 5.91 Å². The highest BCUT2D eigenvalue weighted by molar-refractivity contribution is 5.77. The van der Waals surface area contributed by atoms with Crippen LogP contribution in [0.2, 0.25) is 0 Å². The first-order valence-electron chi connectivity index (χ1n) is 6.42. The lowest BCUT2D eigenvalue weighted by molar-refractivity contribution is -0.120. The van der Waals surface area contributed by atoms with Crippen molar-refractivity contribution in [1.82, 2.24) is 10.6 Å². The smallest absolute Gasteiger partial charge is 0.233 e. The minimum atomic E-state index is -0.290. The molecule has 0 aromatic heterocycles. The van der Waals surface area contributed by atoms with Crippen molar-refractivity contribution in [3.05, 3.63) is 0 Å². The Labute approximate surface area is 97.8 Å². The van der Waals surface area contributed by atoms with Gasteiger partial charge in [-0.1, -0.05) is 26.2 Å². The second-order valence-corrected chi connectivity index (χ2v) is 4.54. The third-order valence-electron chi connectivity index (χ3n) is 3.08. The van der Waals surface area contributed by atoms with Crippen LogP contribution in [-0.4, -0.2) is 36.2 Å². The van der Waals surface area contributed by atoms with E-state index in [0.717, 1.165) is 38.6 Å². The number of hydrogen-bond donors (Lipinski definition) is 3. The van der Waals surface area contributed by atoms with E-state index < -0.39 is 0 Å². The summed E-state index contributed by atoms with van der Waals surface area (Å²) in [7, 11) is 0. The third-order valence-corrected chi connectivity index (χ3v) is 3.08. The Balaban J connectivity index is 2.21. The topological polar surface area (TPSA) is 61.4 Å². The quantitative estimate of drug-likeness (QED) is 0.610. The first-order valence-corrected chi connectivity index (χ1v) is 6.42. The lowest BCUT2D eigenvalue weighted by Crippen LogP contribution is -2.44. The van der Waals surface area contributed by atoms with E-state index in [1.807, 2.05) is 6.92 Å². The molecule has 2 atom stereocenters. The van der Waals surface area contributed by atoms with Crippen molar-refractivity contribution in [1.29, 1.82) is 0 Å². The van der Waals surface area contributed by atoms with E-state index in [1.165, 1.54) is 6.42 Å². The molecule has 1 fully saturated rings. The van der Waals surface area contributed by atoms with E-state index in [4.69, 9.17) is 0 Å². The number of aliphatic hydroxyl groups excluding tert-OH is 1. The Hall–Kier alpha value is -0.610. The van der Waals surface area contributed by atoms with E-state index >= 15 is 0 Å². The zero-order chi connectivity index (χ0) is 11.8. The zero-order valence-corrected chi connectivity index (χ0v) is 10.2. The molecule has 3 N–H and O–H groups in total. The van der Waals surface area contributed by atoms with Crippen LogP contribution in [0, 0.1) is 0 Å². The predicted molar refractivity (Wildman–Crippen MR) is 64.2 cm³/mol. The van der Waals surface area contributed by atoms with Crippen LogP contribution in [0.5, 0.6) is 0 Å². The average molecular weight is 228 g/mol. The van der Waals surface area contributed by atoms with Crippen LogP contribution in [0.3, 0.4) is 0 Å². The van der Waals surface area contributed by atoms with Gasteiger partial charge in [0.1, 0.15) is 0 Å². The van der Waals surface area contributed by atoms with Gasteiger partial charge in [-0.2, -0.15) is 0 Å². The van der Waals surface area contributed by atoms with Gasteiger partial charge < -0.3 is 15.7 Å². The molecule has 0 saturated heterocycles. The summed E-state index contributed by atoms with van der Waals surface area (Å²) in [6.07, 6.45) is 5.93. The molecule has 1 saturated carbocycles. The SMILES string of the molecule is CCCNC(=O)CNC1CCCCCC1O. The van der Waals surface area contributed by atoms with Gasteiger partial charge in [0, 0.05) is 12.6 Å². The van der Waals surface area contributed by atoms with Gasteiger partial charge in [-0.15, -0.1) is 0 Å². The van der Waals surface area contributed by atoms with E-state index in [1.54, 1.807) is 0 Å². The molecule has 4 nitrogen and oxygen atoms in total. The molecule has 0 spiro atoms. The van der Waals surface area contributed by atoms with Gasteiger partial charge >= 0.3 is 0 Å². The highest BCUT2D eigenvalue weighted by Crippen LogP contribution is 2.17. The van der Waals surface area contributed by atoms with Crippen LogP contribution >= 0.6 is 0 Å². The standard InChI is InChI=1S/C12H24N2O2/c1-2-8-13-12(16)9-14-10-6-4-3-5-7-11(10)15/h10-11,14-15H,2-9H2,1H3,(H,13,16). The molecular formula is C12H24N2O2. The summed E-state index contributed by atoms with van der Waals surface area (Å²) in [6, 6.07) is 0.0925. The van der Waals surface area contributed by atoms with Crippen molar-refractivity contribution in [2.45, 2.75) is 57.6 Å². The molecule has 0 radical (unpaired) electrons. The minimum Gasteiger partial charge on any atom is -0.392 e. The molecule has 16 heavy (non-hydrogen) atoms. The molecule has 0 heterocycles. The van der Waals surface area contributed by atoms with Crippen molar-refractivity contribution in [3.8, 4) is 0 Å². The summed E-state index contributed by atoms with van der Waals surface area (Å²) >= 11 is 0. The van der Waals surface area contributed by atoms with Crippen molar-refractivity contribution < 1.29 is 9.90 Å². The number of amides is 1. The Morgan fingerprint density at radius 1 is 1.31 bits per heavy atom. The highest BCUT2D eigenvalue weighted by atomic mass is 16.3. The molecule has 2 unspecified atom stereocenters. The molecule has 1 aliphatic carbocycles. The van der Waals surface area contributed by atoms with Gasteiger partial charge in [0.2, 0.25) is 5.91 Å². The van der Waals surface area contributed by atoms with Crippen LogP contribution < -0.4 is 10.6 Å².